The van der Waals surface area contributed by atoms with Crippen LogP contribution in [0, 0.1) is 5.82 Å². The predicted octanol–water partition coefficient (Wildman–Crippen LogP) is 3.28. The summed E-state index contributed by atoms with van der Waals surface area (Å²) in [5.74, 6) is -2.48. The fourth-order valence-electron chi connectivity index (χ4n) is 1.00. The Labute approximate surface area is 88.6 Å². The summed E-state index contributed by atoms with van der Waals surface area (Å²) in [6.45, 7) is -2.07. The van der Waals surface area contributed by atoms with Crippen molar-refractivity contribution >= 4 is 17.4 Å². The van der Waals surface area contributed by atoms with Crippen LogP contribution in [0.5, 0.6) is 5.75 Å². The van der Waals surface area contributed by atoms with Crippen LogP contribution in [0.4, 0.5) is 13.2 Å². The van der Waals surface area contributed by atoms with Crippen LogP contribution in [0.2, 0.25) is 5.02 Å². The monoisotopic (exact) mass is 238 g/mol. The van der Waals surface area contributed by atoms with Crippen LogP contribution in [-0.4, -0.2) is 12.4 Å². The number of benzene rings is 1. The van der Waals surface area contributed by atoms with E-state index in [2.05, 4.69) is 4.74 Å². The fraction of sp³-hybridized carbons (Fsp3) is 0.222. The van der Waals surface area contributed by atoms with Gasteiger partial charge in [-0.25, -0.2) is 4.39 Å². The molecule has 0 aliphatic carbocycles. The van der Waals surface area contributed by atoms with Crippen molar-refractivity contribution in [2.24, 2.45) is 0 Å². The summed E-state index contributed by atoms with van der Waals surface area (Å²) in [6, 6.07) is 1.94. The largest absolute Gasteiger partial charge is 0.432 e. The number of hydrogen-bond donors (Lipinski definition) is 0. The Morgan fingerprint density at radius 1 is 1.47 bits per heavy atom. The zero-order valence-electron chi connectivity index (χ0n) is 7.56. The molecule has 0 aliphatic rings. The van der Waals surface area contributed by atoms with Gasteiger partial charge >= 0.3 is 6.61 Å². The van der Waals surface area contributed by atoms with Gasteiger partial charge in [0.05, 0.1) is 5.56 Å². The first kappa shape index (κ1) is 11.8. The van der Waals surface area contributed by atoms with Crippen molar-refractivity contribution in [3.63, 3.8) is 0 Å². The topological polar surface area (TPSA) is 26.3 Å². The van der Waals surface area contributed by atoms with Gasteiger partial charge in [0.1, 0.15) is 0 Å². The Morgan fingerprint density at radius 3 is 2.53 bits per heavy atom. The zero-order chi connectivity index (χ0) is 11.6. The second kappa shape index (κ2) is 4.53. The molecule has 0 heterocycles. The summed E-state index contributed by atoms with van der Waals surface area (Å²) in [5.41, 5.74) is -0.377. The number of Topliss-reactive ketones (excluding diaryl/α,β-unsaturated/α-hetero) is 1. The number of hydrogen-bond acceptors (Lipinski definition) is 2. The number of ketones is 1. The standard InChI is InChI=1S/C9H6ClF3O2/c1-4(14)6-2-5(10)3-7(8(6)11)15-9(12)13/h2-3,9H,1H3. The lowest BCUT2D eigenvalue weighted by atomic mass is 10.1. The van der Waals surface area contributed by atoms with Crippen LogP contribution < -0.4 is 4.74 Å². The molecule has 0 fully saturated rings. The Kier molecular flexibility index (Phi) is 3.57. The summed E-state index contributed by atoms with van der Waals surface area (Å²) >= 11 is 5.51. The number of halogens is 4. The summed E-state index contributed by atoms with van der Waals surface area (Å²) in [7, 11) is 0. The highest BCUT2D eigenvalue weighted by molar-refractivity contribution is 6.31. The molecule has 0 spiro atoms. The van der Waals surface area contributed by atoms with Gasteiger partial charge in [0.25, 0.3) is 0 Å². The molecule has 1 rings (SSSR count). The average molecular weight is 239 g/mol. The predicted molar refractivity (Wildman–Crippen MR) is 48.0 cm³/mol. The number of ether oxygens (including phenoxy) is 1. The molecular formula is C9H6ClF3O2. The minimum Gasteiger partial charge on any atom is -0.432 e. The maximum Gasteiger partial charge on any atom is 0.387 e. The second-order valence-corrected chi connectivity index (χ2v) is 3.14. The summed E-state index contributed by atoms with van der Waals surface area (Å²) in [5, 5.41) is -0.0442. The summed E-state index contributed by atoms with van der Waals surface area (Å²) < 4.78 is 40.9. The normalized spacial score (nSPS) is 10.5. The Balaban J connectivity index is 3.22. The van der Waals surface area contributed by atoms with Crippen LogP contribution in [-0.2, 0) is 0 Å². The van der Waals surface area contributed by atoms with Gasteiger partial charge in [0.15, 0.2) is 17.3 Å². The lowest BCUT2D eigenvalue weighted by Crippen LogP contribution is -2.06. The Bertz CT molecular complexity index is 393. The maximum atomic E-state index is 13.3. The molecule has 82 valence electrons. The van der Waals surface area contributed by atoms with Gasteiger partial charge in [-0.3, -0.25) is 4.79 Å². The van der Waals surface area contributed by atoms with Gasteiger partial charge < -0.3 is 4.74 Å². The molecule has 0 aromatic heterocycles. The molecule has 2 nitrogen and oxygen atoms in total. The Hall–Kier alpha value is -1.23. The highest BCUT2D eigenvalue weighted by Gasteiger charge is 2.17. The van der Waals surface area contributed by atoms with Crippen LogP contribution in [0.25, 0.3) is 0 Å². The second-order valence-electron chi connectivity index (χ2n) is 2.70. The van der Waals surface area contributed by atoms with Gasteiger partial charge in [-0.2, -0.15) is 8.78 Å². The molecule has 15 heavy (non-hydrogen) atoms. The minimum absolute atomic E-state index is 0.0442. The van der Waals surface area contributed by atoms with Crippen molar-refractivity contribution in [1.29, 1.82) is 0 Å². The van der Waals surface area contributed by atoms with E-state index in [1.165, 1.54) is 0 Å². The molecule has 0 saturated heterocycles. The molecule has 1 aromatic rings. The summed E-state index contributed by atoms with van der Waals surface area (Å²) in [6.07, 6.45) is 0. The SMILES string of the molecule is CC(=O)c1cc(Cl)cc(OC(F)F)c1F. The number of carbonyl (C=O) groups is 1. The van der Waals surface area contributed by atoms with Gasteiger partial charge in [0, 0.05) is 11.1 Å². The van der Waals surface area contributed by atoms with Crippen LogP contribution >= 0.6 is 11.6 Å². The van der Waals surface area contributed by atoms with E-state index in [1.54, 1.807) is 0 Å². The molecule has 0 unspecified atom stereocenters. The first-order valence-electron chi connectivity index (χ1n) is 3.86. The lowest BCUT2D eigenvalue weighted by Gasteiger charge is -2.08. The van der Waals surface area contributed by atoms with E-state index >= 15 is 0 Å². The fourth-order valence-corrected chi connectivity index (χ4v) is 1.21. The van der Waals surface area contributed by atoms with Crippen molar-refractivity contribution in [2.75, 3.05) is 0 Å². The van der Waals surface area contributed by atoms with E-state index < -0.39 is 24.0 Å². The van der Waals surface area contributed by atoms with Crippen LogP contribution in [0.1, 0.15) is 17.3 Å². The highest BCUT2D eigenvalue weighted by Crippen LogP contribution is 2.27. The van der Waals surface area contributed by atoms with Gasteiger partial charge in [0.2, 0.25) is 0 Å². The van der Waals surface area contributed by atoms with E-state index in [4.69, 9.17) is 11.6 Å². The van der Waals surface area contributed by atoms with Crippen molar-refractivity contribution in [3.05, 3.63) is 28.5 Å². The first-order chi connectivity index (χ1) is 6.91. The van der Waals surface area contributed by atoms with Crippen molar-refractivity contribution < 1.29 is 22.7 Å². The molecule has 0 saturated carbocycles. The van der Waals surface area contributed by atoms with Crippen molar-refractivity contribution in [1.82, 2.24) is 0 Å². The van der Waals surface area contributed by atoms with Gasteiger partial charge in [-0.05, 0) is 13.0 Å². The van der Waals surface area contributed by atoms with E-state index in [9.17, 15) is 18.0 Å². The van der Waals surface area contributed by atoms with Gasteiger partial charge in [-0.15, -0.1) is 0 Å². The van der Waals surface area contributed by atoms with Crippen molar-refractivity contribution in [3.8, 4) is 5.75 Å². The van der Waals surface area contributed by atoms with Gasteiger partial charge in [-0.1, -0.05) is 11.6 Å². The zero-order valence-corrected chi connectivity index (χ0v) is 8.32. The molecule has 0 aliphatic heterocycles. The summed E-state index contributed by atoms with van der Waals surface area (Å²) in [4.78, 5) is 10.9. The van der Waals surface area contributed by atoms with E-state index in [0.29, 0.717) is 0 Å². The third kappa shape index (κ3) is 2.86. The molecule has 0 bridgehead atoms. The molecule has 6 heteroatoms. The Morgan fingerprint density at radius 2 is 2.07 bits per heavy atom. The molecular weight excluding hydrogens is 233 g/mol. The molecule has 0 amide bonds. The van der Waals surface area contributed by atoms with E-state index in [0.717, 1.165) is 19.1 Å². The average Bonchev–Trinajstić information content (AvgIpc) is 2.09. The molecule has 0 atom stereocenters. The maximum absolute atomic E-state index is 13.3. The molecule has 0 radical (unpaired) electrons. The molecule has 0 N–H and O–H groups in total. The lowest BCUT2D eigenvalue weighted by molar-refractivity contribution is -0.0522. The van der Waals surface area contributed by atoms with Crippen LogP contribution in [0.3, 0.4) is 0 Å². The first-order valence-corrected chi connectivity index (χ1v) is 4.24. The van der Waals surface area contributed by atoms with E-state index in [-0.39, 0.29) is 10.6 Å². The highest BCUT2D eigenvalue weighted by atomic mass is 35.5. The van der Waals surface area contributed by atoms with Crippen LogP contribution in [0.15, 0.2) is 12.1 Å². The smallest absolute Gasteiger partial charge is 0.387 e. The van der Waals surface area contributed by atoms with E-state index in [1.807, 2.05) is 0 Å². The third-order valence-corrected chi connectivity index (χ3v) is 1.82. The number of rotatable bonds is 3. The number of carbonyl (C=O) groups excluding carboxylic acids is 1. The number of alkyl halides is 2. The molecule has 1 aromatic carbocycles. The van der Waals surface area contributed by atoms with Crippen molar-refractivity contribution in [2.45, 2.75) is 13.5 Å². The quantitative estimate of drug-likeness (QED) is 0.756. The third-order valence-electron chi connectivity index (χ3n) is 1.60. The minimum atomic E-state index is -3.17.